The fourth-order valence-corrected chi connectivity index (χ4v) is 6.79. The number of thioether (sulfide) groups is 1. The molecule has 2 fully saturated rings. The van der Waals surface area contributed by atoms with Crippen LogP contribution in [0.4, 0.5) is 4.79 Å². The van der Waals surface area contributed by atoms with E-state index in [4.69, 9.17) is 49.0 Å². The smallest absolute Gasteiger partial charge is 0.315 e. The van der Waals surface area contributed by atoms with E-state index >= 15 is 0 Å². The Kier molecular flexibility index (Phi) is 29.7. The number of hydrogen-bond donors (Lipinski definition) is 3. The van der Waals surface area contributed by atoms with Gasteiger partial charge in [-0.3, -0.25) is 9.69 Å². The van der Waals surface area contributed by atoms with Gasteiger partial charge in [0.1, 0.15) is 0 Å². The van der Waals surface area contributed by atoms with Crippen LogP contribution in [0.15, 0.2) is 10.2 Å². The maximum Gasteiger partial charge on any atom is 0.315 e. The summed E-state index contributed by atoms with van der Waals surface area (Å²) in [4.78, 5) is 31.2. The highest BCUT2D eigenvalue weighted by atomic mass is 32.2. The van der Waals surface area contributed by atoms with Crippen molar-refractivity contribution < 1.29 is 47.5 Å². The van der Waals surface area contributed by atoms with Crippen LogP contribution < -0.4 is 16.0 Å². The van der Waals surface area contributed by atoms with Crippen LogP contribution in [0.25, 0.3) is 20.9 Å². The minimum Gasteiger partial charge on any atom is -0.379 e. The molecule has 0 spiro atoms. The molecule has 2 saturated heterocycles. The van der Waals surface area contributed by atoms with Crippen LogP contribution in [-0.2, 0) is 42.7 Å². The summed E-state index contributed by atoms with van der Waals surface area (Å²) in [5.41, 5.74) is 16.5. The van der Waals surface area contributed by atoms with Crippen molar-refractivity contribution in [1.29, 1.82) is 0 Å². The van der Waals surface area contributed by atoms with Crippen LogP contribution in [0, 0.1) is 0 Å². The molecule has 53 heavy (non-hydrogen) atoms. The van der Waals surface area contributed by atoms with Crippen molar-refractivity contribution in [1.82, 2.24) is 20.9 Å². The van der Waals surface area contributed by atoms with Gasteiger partial charge in [0.25, 0.3) is 0 Å². The lowest BCUT2D eigenvalue weighted by Gasteiger charge is -2.22. The number of hydrogen-bond acceptors (Lipinski definition) is 14. The molecule has 3 N–H and O–H groups in total. The number of urea groups is 1. The fourth-order valence-electron chi connectivity index (χ4n) is 5.25. The van der Waals surface area contributed by atoms with Gasteiger partial charge in [-0.2, -0.15) is 11.8 Å². The average Bonchev–Trinajstić information content (AvgIpc) is 3.72. The Morgan fingerprint density at radius 2 is 1.17 bits per heavy atom. The zero-order valence-electron chi connectivity index (χ0n) is 30.9. The molecule has 304 valence electrons. The number of azide groups is 2. The molecule has 3 atom stereocenters. The van der Waals surface area contributed by atoms with Crippen LogP contribution in [0.3, 0.4) is 0 Å². The second kappa shape index (κ2) is 33.9. The standard InChI is InChI=1S/C32H60N10O10S/c33-40-36-6-12-46-18-23-51-25-21-49-15-9-42(10-16-50-22-26-52-24-19-47-13-7-37-41-34)8-14-48-20-17-45-11-5-35-30(43)4-2-1-3-29-31-28(27-53-29)38-32(44)39-31/h28-29,31H,1-27H2,(H,35,43)(H2,38,39,44)/t28-,29-,31-/m0/s1. The molecule has 3 amide bonds. The molecule has 0 bridgehead atoms. The highest BCUT2D eigenvalue weighted by Gasteiger charge is 2.42. The minimum absolute atomic E-state index is 0.0284. The monoisotopic (exact) mass is 776 g/mol. The average molecular weight is 777 g/mol. The number of carbonyl (C=O) groups is 2. The van der Waals surface area contributed by atoms with Gasteiger partial charge in [-0.15, -0.1) is 0 Å². The Morgan fingerprint density at radius 3 is 1.68 bits per heavy atom. The molecule has 2 aliphatic heterocycles. The lowest BCUT2D eigenvalue weighted by molar-refractivity contribution is -0.121. The summed E-state index contributed by atoms with van der Waals surface area (Å²) in [6, 6.07) is 0.368. The van der Waals surface area contributed by atoms with Gasteiger partial charge in [-0.05, 0) is 23.9 Å². The third-order valence-corrected chi connectivity index (χ3v) is 9.47. The number of rotatable bonds is 38. The summed E-state index contributed by atoms with van der Waals surface area (Å²) in [6.07, 6.45) is 3.27. The zero-order valence-corrected chi connectivity index (χ0v) is 31.8. The van der Waals surface area contributed by atoms with E-state index < -0.39 is 0 Å². The van der Waals surface area contributed by atoms with Crippen molar-refractivity contribution in [3.05, 3.63) is 20.9 Å². The molecule has 0 aromatic heterocycles. The van der Waals surface area contributed by atoms with E-state index in [2.05, 4.69) is 40.9 Å². The van der Waals surface area contributed by atoms with Gasteiger partial charge in [0.05, 0.1) is 118 Å². The van der Waals surface area contributed by atoms with Crippen molar-refractivity contribution in [3.8, 4) is 0 Å². The summed E-state index contributed by atoms with van der Waals surface area (Å²) in [6.45, 7) is 10.4. The lowest BCUT2D eigenvalue weighted by Crippen LogP contribution is -2.36. The Bertz CT molecular complexity index is 1010. The number of ether oxygens (including phenoxy) is 8. The van der Waals surface area contributed by atoms with Crippen molar-refractivity contribution in [2.45, 2.75) is 43.0 Å². The molecule has 2 rings (SSSR count). The molecule has 2 aliphatic rings. The first-order chi connectivity index (χ1) is 26.1. The summed E-state index contributed by atoms with van der Waals surface area (Å²) >= 11 is 1.89. The van der Waals surface area contributed by atoms with Gasteiger partial charge >= 0.3 is 6.03 Å². The molecule has 0 aliphatic carbocycles. The van der Waals surface area contributed by atoms with Gasteiger partial charge in [0, 0.05) is 66.5 Å². The van der Waals surface area contributed by atoms with Gasteiger partial charge in [-0.1, -0.05) is 16.6 Å². The number of amides is 3. The van der Waals surface area contributed by atoms with E-state index in [1.54, 1.807) is 0 Å². The third-order valence-electron chi connectivity index (χ3n) is 7.96. The summed E-state index contributed by atoms with van der Waals surface area (Å²) in [7, 11) is 0. The van der Waals surface area contributed by atoms with E-state index in [0.717, 1.165) is 25.0 Å². The molecule has 0 saturated carbocycles. The molecule has 0 unspecified atom stereocenters. The van der Waals surface area contributed by atoms with Gasteiger partial charge in [0.15, 0.2) is 0 Å². The molecule has 21 heteroatoms. The first-order valence-electron chi connectivity index (χ1n) is 18.5. The highest BCUT2D eigenvalue weighted by Crippen LogP contribution is 2.33. The van der Waals surface area contributed by atoms with Crippen molar-refractivity contribution >= 4 is 23.7 Å². The van der Waals surface area contributed by atoms with Gasteiger partial charge < -0.3 is 53.8 Å². The number of fused-ring (bicyclic) bond motifs is 1. The zero-order chi connectivity index (χ0) is 37.9. The topological polar surface area (TPSA) is 245 Å². The second-order valence-corrected chi connectivity index (χ2v) is 13.1. The Hall–Kier alpha value is -2.65. The van der Waals surface area contributed by atoms with Crippen LogP contribution >= 0.6 is 11.8 Å². The minimum atomic E-state index is -0.0697. The van der Waals surface area contributed by atoms with Gasteiger partial charge in [-0.25, -0.2) is 4.79 Å². The van der Waals surface area contributed by atoms with Crippen LogP contribution in [0.5, 0.6) is 0 Å². The number of unbranched alkanes of at least 4 members (excludes halogenated alkanes) is 1. The van der Waals surface area contributed by atoms with Crippen LogP contribution in [0.1, 0.15) is 25.7 Å². The first kappa shape index (κ1) is 46.5. The predicted molar refractivity (Wildman–Crippen MR) is 198 cm³/mol. The summed E-state index contributed by atoms with van der Waals surface area (Å²) in [5, 5.41) is 16.1. The Balaban J connectivity index is 1.46. The number of nitrogens with one attached hydrogen (secondary N) is 3. The van der Waals surface area contributed by atoms with Crippen molar-refractivity contribution in [3.63, 3.8) is 0 Å². The molecular weight excluding hydrogens is 716 g/mol. The highest BCUT2D eigenvalue weighted by molar-refractivity contribution is 8.00. The molecule has 20 nitrogen and oxygen atoms in total. The van der Waals surface area contributed by atoms with Crippen molar-refractivity contribution in [2.24, 2.45) is 10.2 Å². The van der Waals surface area contributed by atoms with E-state index in [-0.39, 0.29) is 24.0 Å². The van der Waals surface area contributed by atoms with E-state index in [1.165, 1.54) is 0 Å². The summed E-state index contributed by atoms with van der Waals surface area (Å²) in [5.74, 6) is 0.976. The number of nitrogens with zero attached hydrogens (tertiary/aromatic N) is 7. The Morgan fingerprint density at radius 1 is 0.698 bits per heavy atom. The molecule has 0 aromatic rings. The normalized spacial score (nSPS) is 17.6. The fraction of sp³-hybridized carbons (Fsp3) is 0.938. The lowest BCUT2D eigenvalue weighted by atomic mass is 10.0. The third kappa shape index (κ3) is 25.9. The quantitative estimate of drug-likeness (QED) is 0.0268. The van der Waals surface area contributed by atoms with Crippen molar-refractivity contribution in [2.75, 3.05) is 151 Å². The molecule has 2 heterocycles. The molecule has 0 radical (unpaired) electrons. The molecule has 0 aromatic carbocycles. The van der Waals surface area contributed by atoms with E-state index in [9.17, 15) is 9.59 Å². The Labute approximate surface area is 316 Å². The number of carbonyl (C=O) groups excluding carboxylic acids is 2. The predicted octanol–water partition coefficient (Wildman–Crippen LogP) is 1.88. The first-order valence-corrected chi connectivity index (χ1v) is 19.5. The van der Waals surface area contributed by atoms with E-state index in [0.29, 0.717) is 157 Å². The summed E-state index contributed by atoms with van der Waals surface area (Å²) < 4.78 is 44.5. The van der Waals surface area contributed by atoms with Gasteiger partial charge in [0.2, 0.25) is 5.91 Å². The maximum absolute atomic E-state index is 12.2. The maximum atomic E-state index is 12.2. The molecular formula is C32H60N10O10S. The second-order valence-electron chi connectivity index (χ2n) is 11.9. The largest absolute Gasteiger partial charge is 0.379 e. The van der Waals surface area contributed by atoms with Crippen LogP contribution in [-0.4, -0.2) is 185 Å². The SMILES string of the molecule is [N-]=[N+]=NCCOCCOCCOCCN(CCOCCOCCNC(=O)CCCC[C@@H]1SC[C@@H]2NC(=O)N[C@@H]21)CCOCCOCCOCCN=[N+]=[N-]. The van der Waals surface area contributed by atoms with Crippen LogP contribution in [0.2, 0.25) is 0 Å². The van der Waals surface area contributed by atoms with E-state index in [1.807, 2.05) is 11.8 Å².